The zero-order valence-corrected chi connectivity index (χ0v) is 20.2. The Kier molecular flexibility index (Phi) is 6.03. The summed E-state index contributed by atoms with van der Waals surface area (Å²) in [7, 11) is 0. The van der Waals surface area contributed by atoms with Crippen LogP contribution in [0.15, 0.2) is 79.0 Å². The summed E-state index contributed by atoms with van der Waals surface area (Å²) in [5.41, 5.74) is 4.75. The number of nitrogens with zero attached hydrogens (tertiary/aromatic N) is 2. The third-order valence-corrected chi connectivity index (χ3v) is 5.87. The van der Waals surface area contributed by atoms with Crippen LogP contribution in [0.1, 0.15) is 32.8 Å². The summed E-state index contributed by atoms with van der Waals surface area (Å²) >= 11 is 0. The summed E-state index contributed by atoms with van der Waals surface area (Å²) in [6.07, 6.45) is 4.56. The van der Waals surface area contributed by atoms with E-state index in [0.717, 1.165) is 51.1 Å². The minimum atomic E-state index is -0.516. The van der Waals surface area contributed by atoms with Gasteiger partial charge in [0.05, 0.1) is 11.7 Å². The molecule has 1 aliphatic rings. The number of ether oxygens (including phenoxy) is 2. The van der Waals surface area contributed by atoms with E-state index in [1.165, 1.54) is 0 Å². The predicted octanol–water partition coefficient (Wildman–Crippen LogP) is 7.05. The molecule has 1 aromatic heterocycles. The third kappa shape index (κ3) is 5.22. The molecule has 35 heavy (non-hydrogen) atoms. The molecule has 1 amide bonds. The second kappa shape index (κ2) is 9.29. The van der Waals surface area contributed by atoms with Gasteiger partial charge < -0.3 is 14.4 Å². The fourth-order valence-corrected chi connectivity index (χ4v) is 4.23. The van der Waals surface area contributed by atoms with E-state index in [2.05, 4.69) is 40.5 Å². The van der Waals surface area contributed by atoms with Crippen molar-refractivity contribution in [3.63, 3.8) is 0 Å². The van der Waals surface area contributed by atoms with Gasteiger partial charge in [0.1, 0.15) is 17.1 Å². The lowest BCUT2D eigenvalue weighted by atomic mass is 9.94. The topological polar surface area (TPSA) is 67.4 Å². The predicted molar refractivity (Wildman–Crippen MR) is 138 cm³/mol. The lowest BCUT2D eigenvalue weighted by molar-refractivity contribution is 0.0273. The molecule has 0 saturated heterocycles. The van der Waals surface area contributed by atoms with E-state index in [-0.39, 0.29) is 6.09 Å². The maximum atomic E-state index is 12.7. The zero-order chi connectivity index (χ0) is 24.4. The van der Waals surface area contributed by atoms with Gasteiger partial charge in [0.2, 0.25) is 0 Å². The van der Waals surface area contributed by atoms with Crippen LogP contribution >= 0.6 is 0 Å². The maximum absolute atomic E-state index is 12.7. The van der Waals surface area contributed by atoms with Crippen LogP contribution in [0.5, 0.6) is 11.5 Å². The molecule has 4 aromatic rings. The normalized spacial score (nSPS) is 14.0. The highest BCUT2D eigenvalue weighted by Gasteiger charge is 2.25. The first-order chi connectivity index (χ1) is 16.9. The van der Waals surface area contributed by atoms with Crippen molar-refractivity contribution in [1.82, 2.24) is 15.1 Å². The lowest BCUT2D eigenvalue weighted by Crippen LogP contribution is -2.39. The van der Waals surface area contributed by atoms with Crippen LogP contribution in [0, 0.1) is 0 Å². The van der Waals surface area contributed by atoms with Crippen LogP contribution in [0.2, 0.25) is 0 Å². The molecule has 0 atom stereocenters. The third-order valence-electron chi connectivity index (χ3n) is 5.87. The van der Waals surface area contributed by atoms with Crippen molar-refractivity contribution in [1.29, 1.82) is 0 Å². The minimum Gasteiger partial charge on any atom is -0.457 e. The smallest absolute Gasteiger partial charge is 0.410 e. The van der Waals surface area contributed by atoms with Crippen molar-refractivity contribution in [3.8, 4) is 22.6 Å². The first-order valence-electron chi connectivity index (χ1n) is 11.8. The number of para-hydroxylation sites is 1. The molecule has 0 unspecified atom stereocenters. The van der Waals surface area contributed by atoms with Crippen LogP contribution in [-0.4, -0.2) is 39.9 Å². The average molecular weight is 468 g/mol. The lowest BCUT2D eigenvalue weighted by Gasteiger charge is -2.30. The Morgan fingerprint density at radius 3 is 2.46 bits per heavy atom. The molecule has 0 saturated carbocycles. The standard InChI is InChI=1S/C29H29N3O3/c1-29(2,3)35-28(33)32-15-7-8-21(19-32)22-16-23-18-30-31-27(23)26(17-22)20-11-13-25(14-12-20)34-24-9-5-4-6-10-24/h4-6,8-14,16-18H,7,15,19H2,1-3H3,(H,30,31). The minimum absolute atomic E-state index is 0.276. The van der Waals surface area contributed by atoms with Crippen molar-refractivity contribution in [2.75, 3.05) is 13.1 Å². The molecule has 3 aromatic carbocycles. The van der Waals surface area contributed by atoms with E-state index in [9.17, 15) is 4.79 Å². The van der Waals surface area contributed by atoms with Crippen molar-refractivity contribution >= 4 is 22.6 Å². The van der Waals surface area contributed by atoms with E-state index in [1.54, 1.807) is 4.90 Å². The Balaban J connectivity index is 1.42. The SMILES string of the molecule is CC(C)(C)OC(=O)N1CCC=C(c2cc(-c3ccc(Oc4ccccc4)cc3)c3[nH]ncc3c2)C1. The van der Waals surface area contributed by atoms with Crippen molar-refractivity contribution < 1.29 is 14.3 Å². The van der Waals surface area contributed by atoms with Crippen LogP contribution < -0.4 is 4.74 Å². The number of carbonyl (C=O) groups is 1. The van der Waals surface area contributed by atoms with E-state index in [1.807, 2.05) is 69.4 Å². The van der Waals surface area contributed by atoms with Gasteiger partial charge in [-0.15, -0.1) is 0 Å². The first-order valence-corrected chi connectivity index (χ1v) is 11.8. The average Bonchev–Trinajstić information content (AvgIpc) is 3.33. The number of H-pyrrole nitrogens is 1. The molecule has 0 radical (unpaired) electrons. The van der Waals surface area contributed by atoms with Crippen molar-refractivity contribution in [2.45, 2.75) is 32.8 Å². The number of hydrogen-bond donors (Lipinski definition) is 1. The highest BCUT2D eigenvalue weighted by atomic mass is 16.6. The van der Waals surface area contributed by atoms with Gasteiger partial charge in [0.25, 0.3) is 0 Å². The number of rotatable bonds is 4. The quantitative estimate of drug-likeness (QED) is 0.349. The molecule has 6 nitrogen and oxygen atoms in total. The van der Waals surface area contributed by atoms with Gasteiger partial charge in [-0.1, -0.05) is 36.4 Å². The molecular weight excluding hydrogens is 438 g/mol. The summed E-state index contributed by atoms with van der Waals surface area (Å²) < 4.78 is 11.5. The van der Waals surface area contributed by atoms with Gasteiger partial charge >= 0.3 is 6.09 Å². The number of fused-ring (bicyclic) bond motifs is 1. The molecule has 2 heterocycles. The molecular formula is C29H29N3O3. The molecule has 0 spiro atoms. The van der Waals surface area contributed by atoms with Crippen LogP contribution in [0.3, 0.4) is 0 Å². The fourth-order valence-electron chi connectivity index (χ4n) is 4.23. The Morgan fingerprint density at radius 2 is 1.71 bits per heavy atom. The number of aromatic amines is 1. The van der Waals surface area contributed by atoms with Gasteiger partial charge in [-0.3, -0.25) is 5.10 Å². The fraction of sp³-hybridized carbons (Fsp3) is 0.241. The maximum Gasteiger partial charge on any atom is 0.410 e. The molecule has 178 valence electrons. The largest absolute Gasteiger partial charge is 0.457 e. The van der Waals surface area contributed by atoms with Gasteiger partial charge in [0, 0.05) is 24.0 Å². The summed E-state index contributed by atoms with van der Waals surface area (Å²) in [6.45, 7) is 6.84. The van der Waals surface area contributed by atoms with Crippen LogP contribution in [0.25, 0.3) is 27.6 Å². The Bertz CT molecular complexity index is 1370. The Hall–Kier alpha value is -4.06. The molecule has 6 heteroatoms. The van der Waals surface area contributed by atoms with E-state index < -0.39 is 5.60 Å². The first kappa shape index (κ1) is 22.7. The van der Waals surface area contributed by atoms with E-state index >= 15 is 0 Å². The van der Waals surface area contributed by atoms with Gasteiger partial charge in [0.15, 0.2) is 0 Å². The second-order valence-electron chi connectivity index (χ2n) is 9.72. The molecule has 1 N–H and O–H groups in total. The van der Waals surface area contributed by atoms with E-state index in [4.69, 9.17) is 9.47 Å². The Morgan fingerprint density at radius 1 is 0.971 bits per heavy atom. The number of nitrogens with one attached hydrogen (secondary N) is 1. The zero-order valence-electron chi connectivity index (χ0n) is 20.2. The van der Waals surface area contributed by atoms with Crippen LogP contribution in [-0.2, 0) is 4.74 Å². The summed E-state index contributed by atoms with van der Waals surface area (Å²) in [4.78, 5) is 14.4. The Labute approximate surface area is 205 Å². The molecule has 0 aliphatic carbocycles. The molecule has 0 bridgehead atoms. The molecule has 1 aliphatic heterocycles. The number of hydrogen-bond acceptors (Lipinski definition) is 4. The molecule has 5 rings (SSSR count). The summed E-state index contributed by atoms with van der Waals surface area (Å²) in [5, 5.41) is 8.44. The van der Waals surface area contributed by atoms with Gasteiger partial charge in [-0.25, -0.2) is 4.79 Å². The summed E-state index contributed by atoms with van der Waals surface area (Å²) in [6, 6.07) is 22.1. The number of amides is 1. The highest BCUT2D eigenvalue weighted by Crippen LogP contribution is 2.34. The van der Waals surface area contributed by atoms with Crippen LogP contribution in [0.4, 0.5) is 4.79 Å². The second-order valence-corrected chi connectivity index (χ2v) is 9.72. The van der Waals surface area contributed by atoms with Crippen molar-refractivity contribution in [2.24, 2.45) is 0 Å². The van der Waals surface area contributed by atoms with Gasteiger partial charge in [-0.05, 0) is 80.3 Å². The number of benzene rings is 3. The number of carbonyl (C=O) groups excluding carboxylic acids is 1. The molecule has 0 fully saturated rings. The highest BCUT2D eigenvalue weighted by molar-refractivity contribution is 5.96. The number of aromatic nitrogens is 2. The summed E-state index contributed by atoms with van der Waals surface area (Å²) in [5.74, 6) is 1.58. The van der Waals surface area contributed by atoms with Crippen molar-refractivity contribution in [3.05, 3.63) is 84.6 Å². The monoisotopic (exact) mass is 467 g/mol. The van der Waals surface area contributed by atoms with Gasteiger partial charge in [-0.2, -0.15) is 5.10 Å². The van der Waals surface area contributed by atoms with E-state index in [0.29, 0.717) is 13.1 Å².